The Bertz CT molecular complexity index is 520. The van der Waals surface area contributed by atoms with Crippen LogP contribution < -0.4 is 10.1 Å². The fraction of sp³-hybridized carbons (Fsp3) is 0.385. The molecule has 0 saturated carbocycles. The number of nitrogens with one attached hydrogen (secondary N) is 1. The summed E-state index contributed by atoms with van der Waals surface area (Å²) >= 11 is 0. The van der Waals surface area contributed by atoms with E-state index >= 15 is 0 Å². The molecule has 1 aliphatic rings. The van der Waals surface area contributed by atoms with Gasteiger partial charge in [0.2, 0.25) is 0 Å². The number of aliphatic carboxylic acids is 1. The summed E-state index contributed by atoms with van der Waals surface area (Å²) in [7, 11) is 0. The lowest BCUT2D eigenvalue weighted by atomic mass is 10.2. The van der Waals surface area contributed by atoms with E-state index in [1.54, 1.807) is 0 Å². The SMILES string of the molecule is O=C(O)C1CCC(C(=O)Nc2ccc(OC(F)F)cc2)O1. The monoisotopic (exact) mass is 301 g/mol. The molecule has 21 heavy (non-hydrogen) atoms. The molecular formula is C13H13F2NO5. The Labute approximate surface area is 118 Å². The van der Waals surface area contributed by atoms with Gasteiger partial charge in [0.05, 0.1) is 0 Å². The third kappa shape index (κ3) is 4.12. The molecule has 1 aliphatic heterocycles. The first kappa shape index (κ1) is 15.2. The second-order valence-electron chi connectivity index (χ2n) is 4.42. The Kier molecular flexibility index (Phi) is 4.69. The summed E-state index contributed by atoms with van der Waals surface area (Å²) in [6.07, 6.45) is -1.21. The normalized spacial score (nSPS) is 21.3. The topological polar surface area (TPSA) is 84.9 Å². The Morgan fingerprint density at radius 2 is 1.86 bits per heavy atom. The highest BCUT2D eigenvalue weighted by Gasteiger charge is 2.34. The number of alkyl halides is 2. The number of carboxylic acid groups (broad SMARTS) is 1. The first-order valence-electron chi connectivity index (χ1n) is 6.19. The molecule has 2 atom stereocenters. The van der Waals surface area contributed by atoms with Crippen molar-refractivity contribution in [1.29, 1.82) is 0 Å². The van der Waals surface area contributed by atoms with Crippen LogP contribution in [-0.4, -0.2) is 35.8 Å². The Morgan fingerprint density at radius 3 is 2.38 bits per heavy atom. The van der Waals surface area contributed by atoms with Crippen LogP contribution in [0.2, 0.25) is 0 Å². The summed E-state index contributed by atoms with van der Waals surface area (Å²) in [6.45, 7) is -2.91. The molecule has 8 heteroatoms. The predicted octanol–water partition coefficient (Wildman–Crippen LogP) is 1.86. The van der Waals surface area contributed by atoms with Crippen molar-refractivity contribution in [2.75, 3.05) is 5.32 Å². The van der Waals surface area contributed by atoms with E-state index in [0.29, 0.717) is 12.1 Å². The van der Waals surface area contributed by atoms with E-state index < -0.39 is 30.7 Å². The molecule has 0 radical (unpaired) electrons. The third-order valence-electron chi connectivity index (χ3n) is 2.93. The number of hydrogen-bond donors (Lipinski definition) is 2. The first-order chi connectivity index (χ1) is 9.95. The van der Waals surface area contributed by atoms with Crippen molar-refractivity contribution in [2.24, 2.45) is 0 Å². The van der Waals surface area contributed by atoms with Gasteiger partial charge >= 0.3 is 12.6 Å². The van der Waals surface area contributed by atoms with Gasteiger partial charge in [0, 0.05) is 5.69 Å². The minimum atomic E-state index is -2.91. The fourth-order valence-electron chi connectivity index (χ4n) is 1.95. The van der Waals surface area contributed by atoms with Gasteiger partial charge in [0.1, 0.15) is 11.9 Å². The van der Waals surface area contributed by atoms with Crippen molar-refractivity contribution in [1.82, 2.24) is 0 Å². The number of rotatable bonds is 5. The van der Waals surface area contributed by atoms with Crippen molar-refractivity contribution in [3.05, 3.63) is 24.3 Å². The molecule has 1 saturated heterocycles. The van der Waals surface area contributed by atoms with Crippen LogP contribution in [0.3, 0.4) is 0 Å². The van der Waals surface area contributed by atoms with Crippen LogP contribution in [0.25, 0.3) is 0 Å². The highest BCUT2D eigenvalue weighted by atomic mass is 19.3. The van der Waals surface area contributed by atoms with Gasteiger partial charge in [-0.15, -0.1) is 0 Å². The van der Waals surface area contributed by atoms with E-state index in [4.69, 9.17) is 9.84 Å². The maximum Gasteiger partial charge on any atom is 0.387 e. The van der Waals surface area contributed by atoms with Crippen LogP contribution in [0.1, 0.15) is 12.8 Å². The van der Waals surface area contributed by atoms with E-state index in [9.17, 15) is 18.4 Å². The van der Waals surface area contributed by atoms with E-state index in [-0.39, 0.29) is 12.2 Å². The zero-order valence-electron chi connectivity index (χ0n) is 10.8. The molecule has 6 nitrogen and oxygen atoms in total. The van der Waals surface area contributed by atoms with Gasteiger partial charge in [0.25, 0.3) is 5.91 Å². The standard InChI is InChI=1S/C13H13F2NO5/c14-13(15)20-8-3-1-7(2-4-8)16-11(17)9-5-6-10(21-9)12(18)19/h1-4,9-10,13H,5-6H2,(H,16,17)(H,18,19). The smallest absolute Gasteiger partial charge is 0.387 e. The minimum absolute atomic E-state index is 0.0222. The molecule has 0 aromatic heterocycles. The number of amides is 1. The van der Waals surface area contributed by atoms with Crippen LogP contribution in [0, 0.1) is 0 Å². The molecule has 1 aromatic rings. The summed E-state index contributed by atoms with van der Waals surface area (Å²) in [5, 5.41) is 11.3. The van der Waals surface area contributed by atoms with E-state index in [1.165, 1.54) is 24.3 Å². The number of anilines is 1. The number of benzene rings is 1. The Balaban J connectivity index is 1.89. The van der Waals surface area contributed by atoms with E-state index in [1.807, 2.05) is 0 Å². The summed E-state index contributed by atoms with van der Waals surface area (Å²) in [4.78, 5) is 22.6. The molecule has 2 unspecified atom stereocenters. The maximum absolute atomic E-state index is 12.0. The zero-order chi connectivity index (χ0) is 15.4. The van der Waals surface area contributed by atoms with Crippen molar-refractivity contribution >= 4 is 17.6 Å². The number of ether oxygens (including phenoxy) is 2. The highest BCUT2D eigenvalue weighted by Crippen LogP contribution is 2.22. The van der Waals surface area contributed by atoms with Gasteiger partial charge in [-0.2, -0.15) is 8.78 Å². The summed E-state index contributed by atoms with van der Waals surface area (Å²) in [5.41, 5.74) is 0.379. The molecule has 1 heterocycles. The van der Waals surface area contributed by atoms with Gasteiger partial charge in [0.15, 0.2) is 6.10 Å². The van der Waals surface area contributed by atoms with Gasteiger partial charge in [-0.25, -0.2) is 4.79 Å². The quantitative estimate of drug-likeness (QED) is 0.867. The second-order valence-corrected chi connectivity index (χ2v) is 4.42. The predicted molar refractivity (Wildman–Crippen MR) is 67.2 cm³/mol. The van der Waals surface area contributed by atoms with Crippen molar-refractivity contribution in [3.8, 4) is 5.75 Å². The largest absolute Gasteiger partial charge is 0.479 e. The average molecular weight is 301 g/mol. The van der Waals surface area contributed by atoms with Crippen LogP contribution in [0.15, 0.2) is 24.3 Å². The molecule has 1 aromatic carbocycles. The second kappa shape index (κ2) is 6.49. The molecule has 1 amide bonds. The molecule has 0 bridgehead atoms. The van der Waals surface area contributed by atoms with Gasteiger partial charge < -0.3 is 19.9 Å². The van der Waals surface area contributed by atoms with Crippen molar-refractivity contribution < 1.29 is 33.0 Å². The number of carbonyl (C=O) groups is 2. The lowest BCUT2D eigenvalue weighted by molar-refractivity contribution is -0.150. The van der Waals surface area contributed by atoms with Gasteiger partial charge in [-0.1, -0.05) is 0 Å². The summed E-state index contributed by atoms with van der Waals surface area (Å²) in [6, 6.07) is 5.38. The minimum Gasteiger partial charge on any atom is -0.479 e. The molecule has 114 valence electrons. The molecule has 0 spiro atoms. The van der Waals surface area contributed by atoms with Crippen LogP contribution >= 0.6 is 0 Å². The molecule has 1 fully saturated rings. The van der Waals surface area contributed by atoms with Gasteiger partial charge in [-0.3, -0.25) is 4.79 Å². The molecule has 0 aliphatic carbocycles. The number of halogens is 2. The molecular weight excluding hydrogens is 288 g/mol. The van der Waals surface area contributed by atoms with Crippen LogP contribution in [-0.2, 0) is 14.3 Å². The summed E-state index contributed by atoms with van der Waals surface area (Å²) in [5.74, 6) is -1.59. The fourth-order valence-corrected chi connectivity index (χ4v) is 1.95. The lowest BCUT2D eigenvalue weighted by Gasteiger charge is -2.12. The van der Waals surface area contributed by atoms with E-state index in [2.05, 4.69) is 10.1 Å². The third-order valence-corrected chi connectivity index (χ3v) is 2.93. The zero-order valence-corrected chi connectivity index (χ0v) is 10.8. The lowest BCUT2D eigenvalue weighted by Crippen LogP contribution is -2.29. The molecule has 2 N–H and O–H groups in total. The summed E-state index contributed by atoms with van der Waals surface area (Å²) < 4.78 is 33.2. The van der Waals surface area contributed by atoms with E-state index in [0.717, 1.165) is 0 Å². The van der Waals surface area contributed by atoms with Gasteiger partial charge in [-0.05, 0) is 37.1 Å². The van der Waals surface area contributed by atoms with Crippen molar-refractivity contribution in [3.63, 3.8) is 0 Å². The average Bonchev–Trinajstić information content (AvgIpc) is 2.90. The molecule has 2 rings (SSSR count). The highest BCUT2D eigenvalue weighted by molar-refractivity contribution is 5.94. The first-order valence-corrected chi connectivity index (χ1v) is 6.19. The van der Waals surface area contributed by atoms with Crippen LogP contribution in [0.4, 0.5) is 14.5 Å². The van der Waals surface area contributed by atoms with Crippen LogP contribution in [0.5, 0.6) is 5.75 Å². The Hall–Kier alpha value is -2.22. The maximum atomic E-state index is 12.0. The number of carboxylic acids is 1. The Morgan fingerprint density at radius 1 is 1.24 bits per heavy atom. The van der Waals surface area contributed by atoms with Crippen molar-refractivity contribution in [2.45, 2.75) is 31.7 Å². The number of carbonyl (C=O) groups excluding carboxylic acids is 1. The number of hydrogen-bond acceptors (Lipinski definition) is 4.